The summed E-state index contributed by atoms with van der Waals surface area (Å²) in [5.74, 6) is -1.63. The monoisotopic (exact) mass is 355 g/mol. The molecule has 1 saturated heterocycles. The number of hydrogen-bond acceptors (Lipinski definition) is 5. The normalized spacial score (nSPS) is 34.0. The fraction of sp³-hybridized carbons (Fsp3) is 0.688. The highest BCUT2D eigenvalue weighted by molar-refractivity contribution is 7.93. The first-order valence-corrected chi connectivity index (χ1v) is 9.82. The van der Waals surface area contributed by atoms with Crippen LogP contribution in [0.5, 0.6) is 0 Å². The Kier molecular flexibility index (Phi) is 4.15. The van der Waals surface area contributed by atoms with Crippen molar-refractivity contribution in [3.05, 3.63) is 23.1 Å². The van der Waals surface area contributed by atoms with Crippen molar-refractivity contribution in [2.45, 2.75) is 44.2 Å². The van der Waals surface area contributed by atoms with Crippen molar-refractivity contribution in [2.75, 3.05) is 13.1 Å². The van der Waals surface area contributed by atoms with Gasteiger partial charge in [0.2, 0.25) is 15.9 Å². The number of likely N-dealkylation sites (tertiary alicyclic amines) is 1. The first-order valence-electron chi connectivity index (χ1n) is 8.28. The van der Waals surface area contributed by atoms with E-state index >= 15 is 0 Å². The summed E-state index contributed by atoms with van der Waals surface area (Å²) >= 11 is 0. The number of aliphatic hydroxyl groups is 1. The van der Waals surface area contributed by atoms with Crippen LogP contribution in [-0.4, -0.2) is 49.1 Å². The largest absolute Gasteiger partial charge is 0.391 e. The summed E-state index contributed by atoms with van der Waals surface area (Å²) in [6.07, 6.45) is 7.52. The van der Waals surface area contributed by atoms with Crippen molar-refractivity contribution in [3.63, 3.8) is 0 Å². The molecule has 0 aromatic heterocycles. The van der Waals surface area contributed by atoms with Gasteiger partial charge in [0.25, 0.3) is 0 Å². The Morgan fingerprint density at radius 2 is 1.92 bits per heavy atom. The van der Waals surface area contributed by atoms with Crippen LogP contribution in [0.25, 0.3) is 0 Å². The van der Waals surface area contributed by atoms with Gasteiger partial charge in [-0.1, -0.05) is 12.2 Å². The van der Waals surface area contributed by atoms with Crippen LogP contribution in [0.3, 0.4) is 0 Å². The molecule has 0 bridgehead atoms. The molecule has 134 valence electrons. The summed E-state index contributed by atoms with van der Waals surface area (Å²) in [7, 11) is -4.11. The Morgan fingerprint density at radius 3 is 2.33 bits per heavy atom. The lowest BCUT2D eigenvalue weighted by molar-refractivity contribution is -0.128. The molecule has 24 heavy (non-hydrogen) atoms. The van der Waals surface area contributed by atoms with Crippen molar-refractivity contribution in [2.24, 2.45) is 22.2 Å². The summed E-state index contributed by atoms with van der Waals surface area (Å²) in [5, 5.41) is 16.1. The van der Waals surface area contributed by atoms with Crippen LogP contribution in [0.15, 0.2) is 23.1 Å². The minimum absolute atomic E-state index is 0.136. The van der Waals surface area contributed by atoms with Crippen LogP contribution in [0.2, 0.25) is 0 Å². The van der Waals surface area contributed by atoms with E-state index in [4.69, 9.17) is 10.9 Å². The van der Waals surface area contributed by atoms with E-state index in [9.17, 15) is 18.3 Å². The van der Waals surface area contributed by atoms with Gasteiger partial charge in [-0.15, -0.1) is 0 Å². The molecule has 3 unspecified atom stereocenters. The number of primary sulfonamides is 1. The van der Waals surface area contributed by atoms with E-state index in [1.807, 2.05) is 4.90 Å². The van der Waals surface area contributed by atoms with Gasteiger partial charge in [0, 0.05) is 0 Å². The lowest BCUT2D eigenvalue weighted by atomic mass is 9.73. The van der Waals surface area contributed by atoms with E-state index in [1.165, 1.54) is 31.9 Å². The molecule has 2 fully saturated rings. The molecule has 1 spiro atoms. The standard InChI is InChI=1S/C16H25N3O4S/c1-11(20)16(19-9-7-15(5-6-15)8-10-19)12(14(17)21)3-2-4-13(16)24(18,22)23/h2-4,11-12,20H,5-10H2,1H3,(H2,17,21)(H2,18,22,23). The molecule has 1 heterocycles. The van der Waals surface area contributed by atoms with E-state index < -0.39 is 33.5 Å². The molecule has 5 N–H and O–H groups in total. The highest BCUT2D eigenvalue weighted by atomic mass is 32.2. The molecule has 2 aliphatic carbocycles. The lowest BCUT2D eigenvalue weighted by Gasteiger charge is -2.52. The highest BCUT2D eigenvalue weighted by Gasteiger charge is 2.58. The minimum Gasteiger partial charge on any atom is -0.391 e. The summed E-state index contributed by atoms with van der Waals surface area (Å²) in [4.78, 5) is 13.9. The number of nitrogens with two attached hydrogens (primary N) is 2. The Bertz CT molecular complexity index is 699. The molecule has 0 radical (unpaired) electrons. The molecule has 0 aromatic carbocycles. The van der Waals surface area contributed by atoms with Gasteiger partial charge in [-0.3, -0.25) is 9.69 Å². The molecule has 7 nitrogen and oxygen atoms in total. The quantitative estimate of drug-likeness (QED) is 0.645. The molecular weight excluding hydrogens is 330 g/mol. The maximum absolute atomic E-state index is 12.2. The molecule has 3 aliphatic rings. The third kappa shape index (κ3) is 2.61. The lowest BCUT2D eigenvalue weighted by Crippen LogP contribution is -2.67. The molecule has 1 saturated carbocycles. The predicted molar refractivity (Wildman–Crippen MR) is 89.9 cm³/mol. The first-order chi connectivity index (χ1) is 11.1. The van der Waals surface area contributed by atoms with Crippen LogP contribution in [0.1, 0.15) is 32.6 Å². The number of hydrogen-bond donors (Lipinski definition) is 3. The van der Waals surface area contributed by atoms with E-state index in [2.05, 4.69) is 0 Å². The van der Waals surface area contributed by atoms with Gasteiger partial charge in [0.15, 0.2) is 0 Å². The van der Waals surface area contributed by atoms with Gasteiger partial charge in [0.05, 0.1) is 22.5 Å². The summed E-state index contributed by atoms with van der Waals surface area (Å²) < 4.78 is 24.5. The Hall–Kier alpha value is -1.22. The molecule has 8 heteroatoms. The van der Waals surface area contributed by atoms with Crippen LogP contribution in [0, 0.1) is 11.3 Å². The number of aliphatic hydroxyl groups excluding tert-OH is 1. The van der Waals surface area contributed by atoms with E-state index in [0.29, 0.717) is 18.5 Å². The molecule has 1 amide bonds. The smallest absolute Gasteiger partial charge is 0.236 e. The van der Waals surface area contributed by atoms with Crippen molar-refractivity contribution in [1.29, 1.82) is 0 Å². The second kappa shape index (κ2) is 5.66. The number of carbonyl (C=O) groups is 1. The van der Waals surface area contributed by atoms with E-state index in [-0.39, 0.29) is 4.91 Å². The summed E-state index contributed by atoms with van der Waals surface area (Å²) in [5.41, 5.74) is 4.50. The molecule has 1 aliphatic heterocycles. The van der Waals surface area contributed by atoms with Crippen molar-refractivity contribution >= 4 is 15.9 Å². The maximum atomic E-state index is 12.2. The van der Waals surface area contributed by atoms with Crippen molar-refractivity contribution in [3.8, 4) is 0 Å². The fourth-order valence-electron chi connectivity index (χ4n) is 4.43. The molecular formula is C16H25N3O4S. The number of carbonyl (C=O) groups excluding carboxylic acids is 1. The minimum atomic E-state index is -4.11. The molecule has 3 atom stereocenters. The van der Waals surface area contributed by atoms with Gasteiger partial charge >= 0.3 is 0 Å². The van der Waals surface area contributed by atoms with Crippen LogP contribution in [-0.2, 0) is 14.8 Å². The van der Waals surface area contributed by atoms with Crippen molar-refractivity contribution in [1.82, 2.24) is 4.90 Å². The Morgan fingerprint density at radius 1 is 1.33 bits per heavy atom. The van der Waals surface area contributed by atoms with Crippen LogP contribution in [0.4, 0.5) is 0 Å². The zero-order chi connectivity index (χ0) is 17.8. The Labute approximate surface area is 142 Å². The van der Waals surface area contributed by atoms with Crippen LogP contribution >= 0.6 is 0 Å². The average Bonchev–Trinajstić information content (AvgIpc) is 3.25. The number of primary amides is 1. The predicted octanol–water partition coefficient (Wildman–Crippen LogP) is -0.174. The third-order valence-corrected chi connectivity index (χ3v) is 7.05. The second-order valence-electron chi connectivity index (χ2n) is 7.33. The van der Waals surface area contributed by atoms with Gasteiger partial charge < -0.3 is 10.8 Å². The summed E-state index contributed by atoms with van der Waals surface area (Å²) in [6, 6.07) is 0. The van der Waals surface area contributed by atoms with Crippen molar-refractivity contribution < 1.29 is 18.3 Å². The fourth-order valence-corrected chi connectivity index (χ4v) is 5.58. The van der Waals surface area contributed by atoms with E-state index in [1.54, 1.807) is 6.08 Å². The number of rotatable bonds is 4. The van der Waals surface area contributed by atoms with E-state index in [0.717, 1.165) is 12.8 Å². The average molecular weight is 355 g/mol. The maximum Gasteiger partial charge on any atom is 0.236 e. The Balaban J connectivity index is 2.10. The van der Waals surface area contributed by atoms with Gasteiger partial charge in [-0.05, 0) is 57.2 Å². The first kappa shape index (κ1) is 17.6. The highest BCUT2D eigenvalue weighted by Crippen LogP contribution is 2.55. The molecule has 0 aromatic rings. The van der Waals surface area contributed by atoms with Crippen LogP contribution < -0.4 is 10.9 Å². The van der Waals surface area contributed by atoms with Gasteiger partial charge in [0.1, 0.15) is 0 Å². The number of allylic oxidation sites excluding steroid dienone is 2. The van der Waals surface area contributed by atoms with Gasteiger partial charge in [-0.2, -0.15) is 0 Å². The number of piperidine rings is 1. The second-order valence-corrected chi connectivity index (χ2v) is 8.86. The zero-order valence-corrected chi connectivity index (χ0v) is 14.6. The molecule has 3 rings (SSSR count). The number of nitrogens with zero attached hydrogens (tertiary/aromatic N) is 1. The van der Waals surface area contributed by atoms with Gasteiger partial charge in [-0.25, -0.2) is 13.6 Å². The number of sulfonamides is 1. The SMILES string of the molecule is CC(O)C1(N2CCC3(CC2)CC3)C(S(N)(=O)=O)=CC=CC1C(N)=O. The summed E-state index contributed by atoms with van der Waals surface area (Å²) in [6.45, 7) is 2.71. The number of amides is 1. The topological polar surface area (TPSA) is 127 Å². The third-order valence-electron chi connectivity index (χ3n) is 5.97. The zero-order valence-electron chi connectivity index (χ0n) is 13.8.